The van der Waals surface area contributed by atoms with Crippen molar-refractivity contribution in [1.29, 1.82) is 0 Å². The van der Waals surface area contributed by atoms with Crippen molar-refractivity contribution < 1.29 is 4.39 Å². The lowest BCUT2D eigenvalue weighted by atomic mass is 9.90. The molecule has 18 heavy (non-hydrogen) atoms. The van der Waals surface area contributed by atoms with Gasteiger partial charge in [-0.1, -0.05) is 44.5 Å². The van der Waals surface area contributed by atoms with Crippen LogP contribution in [0.25, 0.3) is 0 Å². The summed E-state index contributed by atoms with van der Waals surface area (Å²) in [7, 11) is 0. The molecule has 0 saturated heterocycles. The number of hydrogen-bond acceptors (Lipinski definition) is 1. The van der Waals surface area contributed by atoms with E-state index in [-0.39, 0.29) is 10.8 Å². The Balaban J connectivity index is 2.72. The molecule has 1 unspecified atom stereocenters. The fourth-order valence-corrected chi connectivity index (χ4v) is 2.47. The molecule has 0 spiro atoms. The van der Waals surface area contributed by atoms with Gasteiger partial charge in [0.15, 0.2) is 0 Å². The van der Waals surface area contributed by atoms with Gasteiger partial charge in [0.2, 0.25) is 0 Å². The number of benzene rings is 1. The lowest BCUT2D eigenvalue weighted by Gasteiger charge is -2.20. The SMILES string of the molecule is CCNCC(Cc1cccc(Cl)c1F)CC(C)C. The van der Waals surface area contributed by atoms with Crippen molar-refractivity contribution >= 4 is 11.6 Å². The van der Waals surface area contributed by atoms with Crippen LogP contribution in [0.3, 0.4) is 0 Å². The van der Waals surface area contributed by atoms with Crippen molar-refractivity contribution in [3.05, 3.63) is 34.6 Å². The van der Waals surface area contributed by atoms with Gasteiger partial charge >= 0.3 is 0 Å². The monoisotopic (exact) mass is 271 g/mol. The molecular formula is C15H23ClFN. The van der Waals surface area contributed by atoms with Crippen molar-refractivity contribution in [3.8, 4) is 0 Å². The van der Waals surface area contributed by atoms with Gasteiger partial charge in [-0.25, -0.2) is 4.39 Å². The number of halogens is 2. The second-order valence-corrected chi connectivity index (χ2v) is 5.63. The summed E-state index contributed by atoms with van der Waals surface area (Å²) in [4.78, 5) is 0. The largest absolute Gasteiger partial charge is 0.317 e. The maximum absolute atomic E-state index is 13.9. The van der Waals surface area contributed by atoms with Gasteiger partial charge in [0.05, 0.1) is 5.02 Å². The van der Waals surface area contributed by atoms with Gasteiger partial charge in [0, 0.05) is 0 Å². The third kappa shape index (κ3) is 4.95. The molecule has 0 aromatic heterocycles. The maximum Gasteiger partial charge on any atom is 0.144 e. The molecule has 0 saturated carbocycles. The van der Waals surface area contributed by atoms with E-state index in [0.717, 1.165) is 31.5 Å². The van der Waals surface area contributed by atoms with E-state index in [1.165, 1.54) is 0 Å². The van der Waals surface area contributed by atoms with Crippen LogP contribution in [0.15, 0.2) is 18.2 Å². The van der Waals surface area contributed by atoms with Crippen LogP contribution in [0, 0.1) is 17.7 Å². The second-order valence-electron chi connectivity index (χ2n) is 5.22. The van der Waals surface area contributed by atoms with Crippen LogP contribution in [-0.4, -0.2) is 13.1 Å². The first-order chi connectivity index (χ1) is 8.54. The van der Waals surface area contributed by atoms with Gasteiger partial charge in [0.25, 0.3) is 0 Å². The van der Waals surface area contributed by atoms with Crippen LogP contribution in [0.2, 0.25) is 5.02 Å². The third-order valence-electron chi connectivity index (χ3n) is 3.03. The molecule has 1 aromatic rings. The summed E-state index contributed by atoms with van der Waals surface area (Å²) in [6.07, 6.45) is 1.84. The van der Waals surface area contributed by atoms with E-state index in [1.54, 1.807) is 6.07 Å². The Kier molecular flexibility index (Phi) is 6.66. The molecule has 0 bridgehead atoms. The van der Waals surface area contributed by atoms with Crippen LogP contribution in [0.4, 0.5) is 4.39 Å². The summed E-state index contributed by atoms with van der Waals surface area (Å²) in [5.41, 5.74) is 0.728. The Bertz CT molecular complexity index is 366. The van der Waals surface area contributed by atoms with Gasteiger partial charge in [-0.05, 0) is 49.4 Å². The minimum Gasteiger partial charge on any atom is -0.317 e. The van der Waals surface area contributed by atoms with Crippen molar-refractivity contribution in [1.82, 2.24) is 5.32 Å². The van der Waals surface area contributed by atoms with Gasteiger partial charge < -0.3 is 5.32 Å². The van der Waals surface area contributed by atoms with Crippen molar-refractivity contribution in [3.63, 3.8) is 0 Å². The Hall–Kier alpha value is -0.600. The summed E-state index contributed by atoms with van der Waals surface area (Å²) in [6, 6.07) is 5.25. The molecule has 0 fully saturated rings. The highest BCUT2D eigenvalue weighted by Crippen LogP contribution is 2.23. The van der Waals surface area contributed by atoms with Crippen LogP contribution in [0.1, 0.15) is 32.8 Å². The van der Waals surface area contributed by atoms with E-state index < -0.39 is 0 Å². The molecule has 102 valence electrons. The summed E-state index contributed by atoms with van der Waals surface area (Å²) in [5, 5.41) is 3.57. The smallest absolute Gasteiger partial charge is 0.144 e. The minimum atomic E-state index is -0.260. The summed E-state index contributed by atoms with van der Waals surface area (Å²) < 4.78 is 13.9. The van der Waals surface area contributed by atoms with Gasteiger partial charge in [-0.15, -0.1) is 0 Å². The average molecular weight is 272 g/mol. The van der Waals surface area contributed by atoms with Crippen LogP contribution < -0.4 is 5.32 Å². The Labute approximate surface area is 115 Å². The van der Waals surface area contributed by atoms with Gasteiger partial charge in [-0.2, -0.15) is 0 Å². The first kappa shape index (κ1) is 15.5. The Morgan fingerprint density at radius 2 is 2.06 bits per heavy atom. The molecule has 0 aliphatic carbocycles. The first-order valence-corrected chi connectivity index (χ1v) is 7.06. The van der Waals surface area contributed by atoms with E-state index in [2.05, 4.69) is 26.1 Å². The Morgan fingerprint density at radius 3 is 2.67 bits per heavy atom. The van der Waals surface area contributed by atoms with E-state index >= 15 is 0 Å². The zero-order valence-corrected chi connectivity index (χ0v) is 12.2. The predicted molar refractivity (Wildman–Crippen MR) is 76.6 cm³/mol. The first-order valence-electron chi connectivity index (χ1n) is 6.68. The molecule has 3 heteroatoms. The molecule has 1 atom stereocenters. The van der Waals surface area contributed by atoms with E-state index in [0.29, 0.717) is 11.8 Å². The average Bonchev–Trinajstić information content (AvgIpc) is 2.31. The van der Waals surface area contributed by atoms with E-state index in [1.807, 2.05) is 12.1 Å². The molecule has 1 nitrogen and oxygen atoms in total. The van der Waals surface area contributed by atoms with Crippen molar-refractivity contribution in [2.24, 2.45) is 11.8 Å². The number of nitrogens with one attached hydrogen (secondary N) is 1. The third-order valence-corrected chi connectivity index (χ3v) is 3.32. The zero-order valence-electron chi connectivity index (χ0n) is 11.5. The highest BCUT2D eigenvalue weighted by atomic mass is 35.5. The zero-order chi connectivity index (χ0) is 13.5. The lowest BCUT2D eigenvalue weighted by Crippen LogP contribution is -2.25. The fourth-order valence-electron chi connectivity index (χ4n) is 2.27. The Morgan fingerprint density at radius 1 is 1.33 bits per heavy atom. The minimum absolute atomic E-state index is 0.222. The number of hydrogen-bond donors (Lipinski definition) is 1. The number of rotatable bonds is 7. The molecular weight excluding hydrogens is 249 g/mol. The highest BCUT2D eigenvalue weighted by molar-refractivity contribution is 6.30. The van der Waals surface area contributed by atoms with E-state index in [9.17, 15) is 4.39 Å². The molecule has 0 aliphatic rings. The van der Waals surface area contributed by atoms with Crippen LogP contribution in [0.5, 0.6) is 0 Å². The van der Waals surface area contributed by atoms with Crippen LogP contribution >= 0.6 is 11.6 Å². The molecule has 0 heterocycles. The molecule has 0 amide bonds. The topological polar surface area (TPSA) is 12.0 Å². The van der Waals surface area contributed by atoms with Gasteiger partial charge in [0.1, 0.15) is 5.82 Å². The van der Waals surface area contributed by atoms with Crippen molar-refractivity contribution in [2.75, 3.05) is 13.1 Å². The molecule has 0 aliphatic heterocycles. The van der Waals surface area contributed by atoms with Crippen LogP contribution in [-0.2, 0) is 6.42 Å². The van der Waals surface area contributed by atoms with Gasteiger partial charge in [-0.3, -0.25) is 0 Å². The maximum atomic E-state index is 13.9. The van der Waals surface area contributed by atoms with E-state index in [4.69, 9.17) is 11.6 Å². The lowest BCUT2D eigenvalue weighted by molar-refractivity contribution is 0.384. The second kappa shape index (κ2) is 7.75. The van der Waals surface area contributed by atoms with Crippen molar-refractivity contribution in [2.45, 2.75) is 33.6 Å². The predicted octanol–water partition coefficient (Wildman–Crippen LogP) is 4.29. The summed E-state index contributed by atoms with van der Waals surface area (Å²) in [6.45, 7) is 8.38. The fraction of sp³-hybridized carbons (Fsp3) is 0.600. The summed E-state index contributed by atoms with van der Waals surface area (Å²) >= 11 is 5.82. The molecule has 1 rings (SSSR count). The normalized spacial score (nSPS) is 13.0. The quantitative estimate of drug-likeness (QED) is 0.780. The standard InChI is InChI=1S/C15H23ClFN/c1-4-18-10-12(8-11(2)3)9-13-6-5-7-14(16)15(13)17/h5-7,11-12,18H,4,8-10H2,1-3H3. The summed E-state index contributed by atoms with van der Waals surface area (Å²) in [5.74, 6) is 0.818. The molecule has 1 N–H and O–H groups in total. The molecule has 1 aromatic carbocycles. The highest BCUT2D eigenvalue weighted by Gasteiger charge is 2.15. The molecule has 0 radical (unpaired) electrons.